The predicted molar refractivity (Wildman–Crippen MR) is 134 cm³/mol. The van der Waals surface area contributed by atoms with E-state index in [1.165, 1.54) is 12.1 Å². The smallest absolute Gasteiger partial charge is 0.351 e. The van der Waals surface area contributed by atoms with E-state index in [0.717, 1.165) is 54.5 Å². The molecule has 0 amide bonds. The van der Waals surface area contributed by atoms with E-state index in [4.69, 9.17) is 4.98 Å². The van der Waals surface area contributed by atoms with Crippen LogP contribution in [-0.2, 0) is 6.18 Å². The highest BCUT2D eigenvalue weighted by molar-refractivity contribution is 7.15. The van der Waals surface area contributed by atoms with Crippen molar-refractivity contribution in [2.45, 2.75) is 84.4 Å². The van der Waals surface area contributed by atoms with Gasteiger partial charge in [0.15, 0.2) is 0 Å². The Labute approximate surface area is 204 Å². The number of aromatic nitrogens is 3. The van der Waals surface area contributed by atoms with Crippen LogP contribution < -0.4 is 5.32 Å². The van der Waals surface area contributed by atoms with Gasteiger partial charge in [-0.15, -0.1) is 11.3 Å². The number of thiazole rings is 1. The minimum absolute atomic E-state index is 0.291. The molecule has 0 aliphatic heterocycles. The molecule has 0 unspecified atom stereocenters. The van der Waals surface area contributed by atoms with Crippen LogP contribution in [0.1, 0.15) is 82.7 Å². The standard InChI is InChI=1S/C24H27F3N4S.C2H6/c1-3-6-15(7-4-2)22-31-20(16-8-5-9-17(14-16)24(25,26)27)21(32-22)19-12-13-28-23(30-19)29-18-10-11-18;1-2/h5,8-9,12-15,18H,3-4,6-7,10-11H2,1-2H3,(H,28,29,30);1-2H3. The summed E-state index contributed by atoms with van der Waals surface area (Å²) in [5.74, 6) is 0.841. The second-order valence-corrected chi connectivity index (χ2v) is 9.30. The minimum atomic E-state index is -4.40. The van der Waals surface area contributed by atoms with Crippen LogP contribution in [-0.4, -0.2) is 21.0 Å². The van der Waals surface area contributed by atoms with Crippen LogP contribution in [0.4, 0.5) is 19.1 Å². The molecule has 34 heavy (non-hydrogen) atoms. The molecule has 1 saturated carbocycles. The lowest BCUT2D eigenvalue weighted by molar-refractivity contribution is -0.137. The van der Waals surface area contributed by atoms with Crippen molar-refractivity contribution in [2.75, 3.05) is 5.32 Å². The molecular weight excluding hydrogens is 457 g/mol. The molecule has 0 atom stereocenters. The van der Waals surface area contributed by atoms with Gasteiger partial charge in [-0.2, -0.15) is 13.2 Å². The number of benzene rings is 1. The lowest BCUT2D eigenvalue weighted by Gasteiger charge is -2.11. The van der Waals surface area contributed by atoms with Gasteiger partial charge in [-0.25, -0.2) is 15.0 Å². The fourth-order valence-electron chi connectivity index (χ4n) is 3.78. The first-order chi connectivity index (χ1) is 16.4. The van der Waals surface area contributed by atoms with Crippen LogP contribution in [0.15, 0.2) is 36.5 Å². The third kappa shape index (κ3) is 6.56. The van der Waals surface area contributed by atoms with E-state index in [-0.39, 0.29) is 0 Å². The van der Waals surface area contributed by atoms with Gasteiger partial charge in [-0.3, -0.25) is 0 Å². The molecule has 8 heteroatoms. The summed E-state index contributed by atoms with van der Waals surface area (Å²) in [6, 6.07) is 7.62. The molecule has 0 saturated heterocycles. The van der Waals surface area contributed by atoms with Gasteiger partial charge in [0.05, 0.1) is 26.8 Å². The van der Waals surface area contributed by atoms with Gasteiger partial charge in [0.25, 0.3) is 0 Å². The second-order valence-electron chi connectivity index (χ2n) is 8.27. The third-order valence-electron chi connectivity index (χ3n) is 5.53. The summed E-state index contributed by atoms with van der Waals surface area (Å²) >= 11 is 1.54. The molecule has 4 nitrogen and oxygen atoms in total. The molecular formula is C26H33F3N4S. The van der Waals surface area contributed by atoms with Crippen LogP contribution in [0.5, 0.6) is 0 Å². The molecule has 2 heterocycles. The molecule has 2 aromatic heterocycles. The Morgan fingerprint density at radius 1 is 1.06 bits per heavy atom. The van der Waals surface area contributed by atoms with Gasteiger partial charge in [-0.1, -0.05) is 52.7 Å². The first-order valence-electron chi connectivity index (χ1n) is 12.2. The van der Waals surface area contributed by atoms with Gasteiger partial charge in [0.1, 0.15) is 0 Å². The topological polar surface area (TPSA) is 50.7 Å². The number of nitrogens with one attached hydrogen (secondary N) is 1. The van der Waals surface area contributed by atoms with E-state index < -0.39 is 11.7 Å². The number of hydrogen-bond acceptors (Lipinski definition) is 5. The van der Waals surface area contributed by atoms with Crippen molar-refractivity contribution in [1.29, 1.82) is 0 Å². The van der Waals surface area contributed by atoms with Crippen LogP contribution in [0.2, 0.25) is 0 Å². The van der Waals surface area contributed by atoms with Gasteiger partial charge in [0.2, 0.25) is 5.95 Å². The predicted octanol–water partition coefficient (Wildman–Crippen LogP) is 8.57. The van der Waals surface area contributed by atoms with Crippen LogP contribution >= 0.6 is 11.3 Å². The zero-order valence-corrected chi connectivity index (χ0v) is 21.1. The molecule has 1 aliphatic rings. The Kier molecular flexibility index (Phi) is 9.05. The molecule has 0 radical (unpaired) electrons. The highest BCUT2D eigenvalue weighted by atomic mass is 32.1. The monoisotopic (exact) mass is 490 g/mol. The maximum absolute atomic E-state index is 13.4. The first-order valence-corrected chi connectivity index (χ1v) is 13.0. The fourth-order valence-corrected chi connectivity index (χ4v) is 5.00. The summed E-state index contributed by atoms with van der Waals surface area (Å²) in [6.07, 6.45) is 3.55. The van der Waals surface area contributed by atoms with Crippen LogP contribution in [0.25, 0.3) is 21.8 Å². The fraction of sp³-hybridized carbons (Fsp3) is 0.500. The lowest BCUT2D eigenvalue weighted by Crippen LogP contribution is -2.05. The molecule has 0 bridgehead atoms. The number of alkyl halides is 3. The molecule has 1 fully saturated rings. The minimum Gasteiger partial charge on any atom is -0.351 e. The van der Waals surface area contributed by atoms with E-state index in [9.17, 15) is 13.2 Å². The van der Waals surface area contributed by atoms with E-state index in [1.54, 1.807) is 29.7 Å². The molecule has 0 spiro atoms. The largest absolute Gasteiger partial charge is 0.416 e. The Balaban J connectivity index is 0.00000158. The molecule has 1 aromatic carbocycles. The molecule has 1 N–H and O–H groups in total. The Morgan fingerprint density at radius 3 is 2.38 bits per heavy atom. The maximum Gasteiger partial charge on any atom is 0.416 e. The van der Waals surface area contributed by atoms with E-state index in [0.29, 0.717) is 34.9 Å². The average molecular weight is 491 g/mol. The molecule has 184 valence electrons. The lowest BCUT2D eigenvalue weighted by atomic mass is 9.99. The average Bonchev–Trinajstić information content (AvgIpc) is 3.53. The number of anilines is 1. The van der Waals surface area contributed by atoms with Crippen molar-refractivity contribution < 1.29 is 13.2 Å². The second kappa shape index (κ2) is 11.8. The third-order valence-corrected chi connectivity index (χ3v) is 6.77. The van der Waals surface area contributed by atoms with Crippen molar-refractivity contribution in [3.63, 3.8) is 0 Å². The van der Waals surface area contributed by atoms with Crippen molar-refractivity contribution >= 4 is 17.3 Å². The van der Waals surface area contributed by atoms with Gasteiger partial charge < -0.3 is 5.32 Å². The highest BCUT2D eigenvalue weighted by Crippen LogP contribution is 2.42. The number of hydrogen-bond donors (Lipinski definition) is 1. The summed E-state index contributed by atoms with van der Waals surface area (Å²) in [5.41, 5.74) is 1.03. The Bertz CT molecular complexity index is 1050. The summed E-state index contributed by atoms with van der Waals surface area (Å²) in [7, 11) is 0. The molecule has 1 aliphatic carbocycles. The first kappa shape index (κ1) is 26.1. The van der Waals surface area contributed by atoms with Gasteiger partial charge >= 0.3 is 6.18 Å². The van der Waals surface area contributed by atoms with Gasteiger partial charge in [-0.05, 0) is 43.9 Å². The summed E-state index contributed by atoms with van der Waals surface area (Å²) in [5, 5.41) is 4.26. The van der Waals surface area contributed by atoms with Crippen LogP contribution in [0, 0.1) is 0 Å². The normalized spacial score (nSPS) is 13.5. The molecule has 4 rings (SSSR count). The van der Waals surface area contributed by atoms with Crippen LogP contribution in [0.3, 0.4) is 0 Å². The Hall–Kier alpha value is -2.48. The SMILES string of the molecule is CC.CCCC(CCC)c1nc(-c2cccc(C(F)(F)F)c2)c(-c2ccnc(NC3CC3)n2)s1. The number of nitrogens with zero attached hydrogens (tertiary/aromatic N) is 3. The zero-order chi connectivity index (χ0) is 24.7. The van der Waals surface area contributed by atoms with E-state index in [2.05, 4.69) is 29.1 Å². The van der Waals surface area contributed by atoms with E-state index in [1.807, 2.05) is 13.8 Å². The highest BCUT2D eigenvalue weighted by Gasteiger charge is 2.31. The summed E-state index contributed by atoms with van der Waals surface area (Å²) in [6.45, 7) is 8.29. The quantitative estimate of drug-likeness (QED) is 0.326. The number of rotatable bonds is 9. The van der Waals surface area contributed by atoms with Crippen molar-refractivity contribution in [1.82, 2.24) is 15.0 Å². The number of halogens is 3. The summed E-state index contributed by atoms with van der Waals surface area (Å²) < 4.78 is 40.1. The Morgan fingerprint density at radius 2 is 1.76 bits per heavy atom. The maximum atomic E-state index is 13.4. The van der Waals surface area contributed by atoms with Crippen molar-refractivity contribution in [3.05, 3.63) is 47.1 Å². The van der Waals surface area contributed by atoms with Gasteiger partial charge in [0, 0.05) is 23.7 Å². The summed E-state index contributed by atoms with van der Waals surface area (Å²) in [4.78, 5) is 14.7. The van der Waals surface area contributed by atoms with Crippen molar-refractivity contribution in [3.8, 4) is 21.8 Å². The molecule has 3 aromatic rings. The zero-order valence-electron chi connectivity index (χ0n) is 20.2. The van der Waals surface area contributed by atoms with Crippen molar-refractivity contribution in [2.24, 2.45) is 0 Å². The van der Waals surface area contributed by atoms with E-state index >= 15 is 0 Å².